The molecule has 6 nitrogen and oxygen atoms in total. The highest BCUT2D eigenvalue weighted by Gasteiger charge is 2.27. The van der Waals surface area contributed by atoms with Crippen LogP contribution in [0.4, 0.5) is 0 Å². The summed E-state index contributed by atoms with van der Waals surface area (Å²) in [4.78, 5) is 15.2. The summed E-state index contributed by atoms with van der Waals surface area (Å²) in [6.07, 6.45) is 3.38. The molecule has 0 spiro atoms. The number of hydrogen-bond donors (Lipinski definition) is 3. The first-order valence-corrected chi connectivity index (χ1v) is 13.9. The van der Waals surface area contributed by atoms with Crippen molar-refractivity contribution in [3.8, 4) is 11.1 Å². The normalized spacial score (nSPS) is 17.3. The number of aromatic amines is 1. The number of H-pyrrole nitrogens is 1. The third-order valence-electron chi connectivity index (χ3n) is 7.15. The summed E-state index contributed by atoms with van der Waals surface area (Å²) in [5, 5.41) is 4.63. The van der Waals surface area contributed by atoms with Crippen LogP contribution >= 0.6 is 0 Å². The number of nitrogens with one attached hydrogen (secondary N) is 2. The lowest BCUT2D eigenvalue weighted by molar-refractivity contribution is -0.117. The highest BCUT2D eigenvalue weighted by atomic mass is 32.2. The van der Waals surface area contributed by atoms with Crippen molar-refractivity contribution in [1.29, 1.82) is 0 Å². The summed E-state index contributed by atoms with van der Waals surface area (Å²) in [5.74, 6) is 0.814. The predicted octanol–water partition coefficient (Wildman–Crippen LogP) is 4.29. The van der Waals surface area contributed by atoms with Crippen LogP contribution in [0, 0.1) is 5.92 Å². The molecule has 1 aromatic heterocycles. The number of sulfone groups is 1. The Morgan fingerprint density at radius 2 is 1.85 bits per heavy atom. The van der Waals surface area contributed by atoms with Gasteiger partial charge in [0.15, 0.2) is 0 Å². The molecule has 4 rings (SSSR count). The van der Waals surface area contributed by atoms with Gasteiger partial charge in [-0.25, -0.2) is 8.42 Å². The van der Waals surface area contributed by atoms with Crippen LogP contribution in [0.3, 0.4) is 0 Å². The second-order valence-corrected chi connectivity index (χ2v) is 12.3. The van der Waals surface area contributed by atoms with Crippen molar-refractivity contribution < 1.29 is 13.2 Å². The Morgan fingerprint density at radius 3 is 2.53 bits per heavy atom. The number of rotatable bonds is 8. The van der Waals surface area contributed by atoms with Crippen LogP contribution in [-0.4, -0.2) is 36.9 Å². The zero-order valence-corrected chi connectivity index (χ0v) is 21.0. The van der Waals surface area contributed by atoms with Crippen molar-refractivity contribution in [2.75, 3.05) is 11.5 Å². The molecule has 1 amide bonds. The average molecular weight is 482 g/mol. The monoisotopic (exact) mass is 481 g/mol. The molecule has 182 valence electrons. The predicted molar refractivity (Wildman–Crippen MR) is 138 cm³/mol. The number of primary amides is 1. The molecule has 1 aliphatic rings. The van der Waals surface area contributed by atoms with Crippen molar-refractivity contribution >= 4 is 26.6 Å². The van der Waals surface area contributed by atoms with E-state index in [2.05, 4.69) is 61.4 Å². The highest BCUT2D eigenvalue weighted by Crippen LogP contribution is 2.37. The molecule has 0 radical (unpaired) electrons. The standard InChI is InChI=1S/C27H35N3O3S/c1-17(2)18(3)29-15-19-5-4-6-21(11-19)22-12-23(14-26(28)31)27-24(13-22)25(16-30-27)20-7-9-34(32,33)10-8-20/h4-6,11-13,16-18,20,29-30H,7-10,14-15H2,1-3H3,(H2,28,31)/t18-/m0/s1. The molecule has 1 saturated heterocycles. The van der Waals surface area contributed by atoms with Gasteiger partial charge in [-0.05, 0) is 77.6 Å². The number of aromatic nitrogens is 1. The molecule has 1 fully saturated rings. The first-order valence-electron chi connectivity index (χ1n) is 12.1. The molecular formula is C27H35N3O3S. The fourth-order valence-corrected chi connectivity index (χ4v) is 6.23. The Hall–Kier alpha value is -2.64. The van der Waals surface area contributed by atoms with Crippen molar-refractivity contribution in [3.05, 3.63) is 59.3 Å². The summed E-state index contributed by atoms with van der Waals surface area (Å²) in [6.45, 7) is 7.40. The number of benzene rings is 2. The lowest BCUT2D eigenvalue weighted by Crippen LogP contribution is -2.30. The van der Waals surface area contributed by atoms with Crippen LogP contribution in [-0.2, 0) is 27.6 Å². The maximum atomic E-state index is 11.9. The molecule has 0 bridgehead atoms. The second kappa shape index (κ2) is 9.92. The maximum Gasteiger partial charge on any atom is 0.221 e. The fourth-order valence-electron chi connectivity index (χ4n) is 4.74. The molecule has 7 heteroatoms. The van der Waals surface area contributed by atoms with E-state index < -0.39 is 9.84 Å². The summed E-state index contributed by atoms with van der Waals surface area (Å²) < 4.78 is 23.9. The maximum absolute atomic E-state index is 11.9. The molecular weight excluding hydrogens is 446 g/mol. The molecule has 1 aliphatic heterocycles. The SMILES string of the molecule is CC(C)[C@H](C)NCc1cccc(-c2cc(CC(N)=O)c3[nH]cc(C4CCS(=O)(=O)CC4)c3c2)c1. The van der Waals surface area contributed by atoms with Gasteiger partial charge >= 0.3 is 0 Å². The van der Waals surface area contributed by atoms with E-state index in [0.717, 1.165) is 39.7 Å². The van der Waals surface area contributed by atoms with Crippen LogP contribution in [0.15, 0.2) is 42.6 Å². The first kappa shape index (κ1) is 24.5. The average Bonchev–Trinajstić information content (AvgIpc) is 3.21. The van der Waals surface area contributed by atoms with Crippen LogP contribution in [0.5, 0.6) is 0 Å². The Morgan fingerprint density at radius 1 is 1.12 bits per heavy atom. The summed E-state index contributed by atoms with van der Waals surface area (Å²) >= 11 is 0. The zero-order valence-electron chi connectivity index (χ0n) is 20.2. The quantitative estimate of drug-likeness (QED) is 0.446. The lowest BCUT2D eigenvalue weighted by Gasteiger charge is -2.22. The number of fused-ring (bicyclic) bond motifs is 1. The van der Waals surface area contributed by atoms with E-state index in [1.165, 1.54) is 5.56 Å². The van der Waals surface area contributed by atoms with E-state index in [9.17, 15) is 13.2 Å². The number of hydrogen-bond acceptors (Lipinski definition) is 4. The van der Waals surface area contributed by atoms with Crippen LogP contribution in [0.2, 0.25) is 0 Å². The lowest BCUT2D eigenvalue weighted by atomic mass is 9.90. The van der Waals surface area contributed by atoms with Gasteiger partial charge in [0.05, 0.1) is 17.9 Å². The van der Waals surface area contributed by atoms with Crippen molar-refractivity contribution in [1.82, 2.24) is 10.3 Å². The first-order chi connectivity index (χ1) is 16.1. The largest absolute Gasteiger partial charge is 0.369 e. The third kappa shape index (κ3) is 5.53. The van der Waals surface area contributed by atoms with E-state index in [-0.39, 0.29) is 29.8 Å². The fraction of sp³-hybridized carbons (Fsp3) is 0.444. The van der Waals surface area contributed by atoms with E-state index >= 15 is 0 Å². The van der Waals surface area contributed by atoms with Gasteiger partial charge in [0, 0.05) is 29.7 Å². The summed E-state index contributed by atoms with van der Waals surface area (Å²) in [6, 6.07) is 13.1. The number of nitrogens with two attached hydrogens (primary N) is 1. The molecule has 0 saturated carbocycles. The molecule has 34 heavy (non-hydrogen) atoms. The van der Waals surface area contributed by atoms with E-state index in [1.807, 2.05) is 12.3 Å². The van der Waals surface area contributed by atoms with Gasteiger partial charge in [0.25, 0.3) is 0 Å². The minimum absolute atomic E-state index is 0.149. The van der Waals surface area contributed by atoms with Crippen LogP contribution in [0.25, 0.3) is 22.0 Å². The van der Waals surface area contributed by atoms with Gasteiger partial charge in [0.1, 0.15) is 9.84 Å². The Kier molecular flexibility index (Phi) is 7.14. The van der Waals surface area contributed by atoms with E-state index in [4.69, 9.17) is 5.73 Å². The van der Waals surface area contributed by atoms with Gasteiger partial charge in [-0.15, -0.1) is 0 Å². The molecule has 2 heterocycles. The topological polar surface area (TPSA) is 105 Å². The van der Waals surface area contributed by atoms with Crippen LogP contribution in [0.1, 0.15) is 56.2 Å². The van der Waals surface area contributed by atoms with Crippen LogP contribution < -0.4 is 11.1 Å². The number of amides is 1. The number of carbonyl (C=O) groups is 1. The van der Waals surface area contributed by atoms with E-state index in [1.54, 1.807) is 0 Å². The Balaban J connectivity index is 1.71. The minimum Gasteiger partial charge on any atom is -0.369 e. The number of carbonyl (C=O) groups excluding carboxylic acids is 1. The zero-order chi connectivity index (χ0) is 24.5. The Bertz CT molecular complexity index is 1280. The summed E-state index contributed by atoms with van der Waals surface area (Å²) in [5.41, 5.74) is 11.8. The minimum atomic E-state index is -2.93. The molecule has 0 aliphatic carbocycles. The molecule has 0 unspecified atom stereocenters. The Labute approximate surface area is 202 Å². The molecule has 3 aromatic rings. The van der Waals surface area contributed by atoms with Gasteiger partial charge in [-0.3, -0.25) is 4.79 Å². The molecule has 2 aromatic carbocycles. The van der Waals surface area contributed by atoms with Crippen molar-refractivity contribution in [2.24, 2.45) is 11.7 Å². The van der Waals surface area contributed by atoms with Gasteiger partial charge in [0.2, 0.25) is 5.91 Å². The smallest absolute Gasteiger partial charge is 0.221 e. The molecule has 1 atom stereocenters. The van der Waals surface area contributed by atoms with Crippen molar-refractivity contribution in [2.45, 2.75) is 58.5 Å². The van der Waals surface area contributed by atoms with Crippen molar-refractivity contribution in [3.63, 3.8) is 0 Å². The van der Waals surface area contributed by atoms with E-state index in [0.29, 0.717) is 24.8 Å². The van der Waals surface area contributed by atoms with Gasteiger partial charge in [-0.1, -0.05) is 32.0 Å². The summed E-state index contributed by atoms with van der Waals surface area (Å²) in [7, 11) is -2.93. The van der Waals surface area contributed by atoms with Gasteiger partial charge in [-0.2, -0.15) is 0 Å². The second-order valence-electron chi connectivity index (χ2n) is 9.99. The highest BCUT2D eigenvalue weighted by molar-refractivity contribution is 7.91. The third-order valence-corrected chi connectivity index (χ3v) is 8.87. The van der Waals surface area contributed by atoms with Gasteiger partial charge < -0.3 is 16.0 Å². The molecule has 4 N–H and O–H groups in total.